The van der Waals surface area contributed by atoms with Crippen molar-refractivity contribution in [1.29, 1.82) is 0 Å². The summed E-state index contributed by atoms with van der Waals surface area (Å²) in [5, 5.41) is 3.61. The van der Waals surface area contributed by atoms with Crippen molar-refractivity contribution in [2.75, 3.05) is 13.2 Å². The highest BCUT2D eigenvalue weighted by Gasteiger charge is 2.22. The topological polar surface area (TPSA) is 21.3 Å². The largest absolute Gasteiger partial charge is 0.378 e. The van der Waals surface area contributed by atoms with Gasteiger partial charge in [-0.3, -0.25) is 0 Å². The smallest absolute Gasteiger partial charge is 0.0594 e. The molecule has 1 aliphatic heterocycles. The van der Waals surface area contributed by atoms with E-state index in [4.69, 9.17) is 4.74 Å². The van der Waals surface area contributed by atoms with Crippen LogP contribution in [0.3, 0.4) is 0 Å². The minimum atomic E-state index is 0.429. The van der Waals surface area contributed by atoms with Crippen LogP contribution in [0.1, 0.15) is 48.9 Å². The van der Waals surface area contributed by atoms with Gasteiger partial charge in [0.2, 0.25) is 0 Å². The minimum Gasteiger partial charge on any atom is -0.378 e. The number of benzene rings is 1. The van der Waals surface area contributed by atoms with Gasteiger partial charge in [0.25, 0.3) is 0 Å². The van der Waals surface area contributed by atoms with E-state index < -0.39 is 0 Å². The number of nitrogens with one attached hydrogen (secondary N) is 1. The molecule has 0 saturated carbocycles. The molecule has 0 aliphatic carbocycles. The molecule has 0 aromatic heterocycles. The fourth-order valence-electron chi connectivity index (χ4n) is 2.88. The van der Waals surface area contributed by atoms with Crippen LogP contribution in [0.5, 0.6) is 0 Å². The summed E-state index contributed by atoms with van der Waals surface area (Å²) in [6, 6.07) is 7.18. The van der Waals surface area contributed by atoms with Crippen molar-refractivity contribution in [1.82, 2.24) is 5.32 Å². The lowest BCUT2D eigenvalue weighted by molar-refractivity contribution is 0.0947. The second-order valence-corrected chi connectivity index (χ2v) is 5.34. The first kappa shape index (κ1) is 13.6. The molecule has 2 unspecified atom stereocenters. The molecule has 2 rings (SSSR count). The first-order chi connectivity index (χ1) is 8.70. The van der Waals surface area contributed by atoms with Gasteiger partial charge in [-0.2, -0.15) is 0 Å². The van der Waals surface area contributed by atoms with Gasteiger partial charge in [-0.05, 0) is 50.8 Å². The summed E-state index contributed by atoms with van der Waals surface area (Å²) in [7, 11) is 0. The number of ether oxygens (including phenoxy) is 1. The van der Waals surface area contributed by atoms with E-state index in [1.54, 1.807) is 0 Å². The minimum absolute atomic E-state index is 0.429. The van der Waals surface area contributed by atoms with Crippen molar-refractivity contribution in [2.45, 2.75) is 52.2 Å². The molecule has 1 N–H and O–H groups in total. The summed E-state index contributed by atoms with van der Waals surface area (Å²) in [4.78, 5) is 0. The van der Waals surface area contributed by atoms with Crippen LogP contribution in [0.2, 0.25) is 0 Å². The molecule has 2 heteroatoms. The summed E-state index contributed by atoms with van der Waals surface area (Å²) >= 11 is 0. The van der Waals surface area contributed by atoms with E-state index >= 15 is 0 Å². The Morgan fingerprint density at radius 1 is 1.39 bits per heavy atom. The zero-order chi connectivity index (χ0) is 13.0. The van der Waals surface area contributed by atoms with E-state index in [-0.39, 0.29) is 0 Å². The van der Waals surface area contributed by atoms with Crippen molar-refractivity contribution in [3.63, 3.8) is 0 Å². The maximum Gasteiger partial charge on any atom is 0.0594 e. The van der Waals surface area contributed by atoms with Crippen molar-refractivity contribution in [3.05, 3.63) is 34.9 Å². The number of rotatable bonds is 5. The molecule has 1 aromatic rings. The van der Waals surface area contributed by atoms with Crippen LogP contribution in [0.25, 0.3) is 0 Å². The Labute approximate surface area is 111 Å². The molecular formula is C16H25NO. The average molecular weight is 247 g/mol. The Balaban J connectivity index is 2.12. The predicted molar refractivity (Wildman–Crippen MR) is 75.9 cm³/mol. The molecule has 100 valence electrons. The maximum absolute atomic E-state index is 5.77. The lowest BCUT2D eigenvalue weighted by Crippen LogP contribution is -2.26. The first-order valence-electron chi connectivity index (χ1n) is 7.13. The Hall–Kier alpha value is -0.860. The van der Waals surface area contributed by atoms with Crippen molar-refractivity contribution in [2.24, 2.45) is 0 Å². The van der Waals surface area contributed by atoms with Crippen molar-refractivity contribution >= 4 is 0 Å². The zero-order valence-electron chi connectivity index (χ0n) is 11.8. The zero-order valence-corrected chi connectivity index (χ0v) is 11.8. The fraction of sp³-hybridized carbons (Fsp3) is 0.625. The highest BCUT2D eigenvalue weighted by Crippen LogP contribution is 2.27. The fourth-order valence-corrected chi connectivity index (χ4v) is 2.88. The van der Waals surface area contributed by atoms with E-state index in [0.29, 0.717) is 12.1 Å². The molecule has 1 aliphatic rings. The summed E-state index contributed by atoms with van der Waals surface area (Å²) in [5.74, 6) is 0. The highest BCUT2D eigenvalue weighted by molar-refractivity contribution is 5.32. The van der Waals surface area contributed by atoms with Gasteiger partial charge in [0.05, 0.1) is 6.10 Å². The number of hydrogen-bond acceptors (Lipinski definition) is 2. The highest BCUT2D eigenvalue weighted by atomic mass is 16.5. The van der Waals surface area contributed by atoms with E-state index in [1.807, 2.05) is 0 Å². The Morgan fingerprint density at radius 2 is 2.22 bits per heavy atom. The quantitative estimate of drug-likeness (QED) is 0.859. The molecule has 1 heterocycles. The van der Waals surface area contributed by atoms with Crippen LogP contribution >= 0.6 is 0 Å². The Bertz CT molecular complexity index is 383. The SMILES string of the molecule is CCNC(CC1CCCO1)c1ccc(C)cc1C. The van der Waals surface area contributed by atoms with Gasteiger partial charge in [-0.1, -0.05) is 30.7 Å². The molecule has 0 radical (unpaired) electrons. The molecule has 1 aromatic carbocycles. The van der Waals surface area contributed by atoms with E-state index in [9.17, 15) is 0 Å². The van der Waals surface area contributed by atoms with Crippen molar-refractivity contribution in [3.8, 4) is 0 Å². The lowest BCUT2D eigenvalue weighted by Gasteiger charge is -2.23. The van der Waals surface area contributed by atoms with Crippen LogP contribution in [0.4, 0.5) is 0 Å². The van der Waals surface area contributed by atoms with E-state index in [2.05, 4.69) is 44.3 Å². The normalized spacial score (nSPS) is 21.2. The van der Waals surface area contributed by atoms with Crippen LogP contribution in [0.15, 0.2) is 18.2 Å². The molecule has 18 heavy (non-hydrogen) atoms. The molecule has 1 fully saturated rings. The van der Waals surface area contributed by atoms with E-state index in [1.165, 1.54) is 29.5 Å². The summed E-state index contributed by atoms with van der Waals surface area (Å²) in [6.07, 6.45) is 3.97. The van der Waals surface area contributed by atoms with Gasteiger partial charge < -0.3 is 10.1 Å². The van der Waals surface area contributed by atoms with Crippen LogP contribution in [-0.4, -0.2) is 19.3 Å². The van der Waals surface area contributed by atoms with Crippen LogP contribution in [0, 0.1) is 13.8 Å². The third kappa shape index (κ3) is 3.33. The molecule has 0 amide bonds. The van der Waals surface area contributed by atoms with Gasteiger partial charge in [-0.25, -0.2) is 0 Å². The van der Waals surface area contributed by atoms with Gasteiger partial charge in [0, 0.05) is 12.6 Å². The van der Waals surface area contributed by atoms with Gasteiger partial charge in [-0.15, -0.1) is 0 Å². The second-order valence-electron chi connectivity index (χ2n) is 5.34. The molecule has 2 atom stereocenters. The summed E-state index contributed by atoms with van der Waals surface area (Å²) in [5.41, 5.74) is 4.15. The maximum atomic E-state index is 5.77. The third-order valence-corrected chi connectivity index (χ3v) is 3.77. The van der Waals surface area contributed by atoms with Gasteiger partial charge in [0.15, 0.2) is 0 Å². The summed E-state index contributed by atoms with van der Waals surface area (Å²) < 4.78 is 5.77. The molecule has 0 bridgehead atoms. The lowest BCUT2D eigenvalue weighted by atomic mass is 9.94. The number of aryl methyl sites for hydroxylation is 2. The molecular weight excluding hydrogens is 222 g/mol. The standard InChI is InChI=1S/C16H25NO/c1-4-17-16(11-14-6-5-9-18-14)15-8-7-12(2)10-13(15)3/h7-8,10,14,16-17H,4-6,9,11H2,1-3H3. The van der Waals surface area contributed by atoms with Gasteiger partial charge >= 0.3 is 0 Å². The van der Waals surface area contributed by atoms with E-state index in [0.717, 1.165) is 19.6 Å². The van der Waals surface area contributed by atoms with Crippen LogP contribution < -0.4 is 5.32 Å². The average Bonchev–Trinajstić information content (AvgIpc) is 2.81. The van der Waals surface area contributed by atoms with Crippen LogP contribution in [-0.2, 0) is 4.74 Å². The molecule has 1 saturated heterocycles. The van der Waals surface area contributed by atoms with Crippen molar-refractivity contribution < 1.29 is 4.74 Å². The van der Waals surface area contributed by atoms with Gasteiger partial charge in [0.1, 0.15) is 0 Å². The summed E-state index contributed by atoms with van der Waals surface area (Å²) in [6.45, 7) is 8.48. The Morgan fingerprint density at radius 3 is 2.83 bits per heavy atom. The Kier molecular flexibility index (Phi) is 4.79. The molecule has 0 spiro atoms. The first-order valence-corrected chi connectivity index (χ1v) is 7.13. The number of hydrogen-bond donors (Lipinski definition) is 1. The third-order valence-electron chi connectivity index (χ3n) is 3.77. The second kappa shape index (κ2) is 6.35. The predicted octanol–water partition coefficient (Wildman–Crippen LogP) is 3.52. The molecule has 2 nitrogen and oxygen atoms in total. The monoisotopic (exact) mass is 247 g/mol.